The van der Waals surface area contributed by atoms with E-state index in [0.717, 1.165) is 6.07 Å². The van der Waals surface area contributed by atoms with Crippen LogP contribution in [0.1, 0.15) is 24.5 Å². The minimum atomic E-state index is -4.64. The van der Waals surface area contributed by atoms with Gasteiger partial charge in [-0.25, -0.2) is 12.8 Å². The number of sulfone groups is 1. The molecule has 0 aliphatic rings. The summed E-state index contributed by atoms with van der Waals surface area (Å²) in [4.78, 5) is 0. The minimum absolute atomic E-state index is 0.118. The molecule has 0 N–H and O–H groups in total. The summed E-state index contributed by atoms with van der Waals surface area (Å²) in [6.07, 6.45) is -4.26. The molecule has 0 aliphatic heterocycles. The second-order valence-corrected chi connectivity index (χ2v) is 6.08. The zero-order valence-corrected chi connectivity index (χ0v) is 10.4. The quantitative estimate of drug-likeness (QED) is 0.796. The van der Waals surface area contributed by atoms with Gasteiger partial charge in [-0.1, -0.05) is 13.0 Å². The topological polar surface area (TPSA) is 34.1 Å². The number of hydrogen-bond acceptors (Lipinski definition) is 2. The van der Waals surface area contributed by atoms with Crippen LogP contribution in [0.25, 0.3) is 0 Å². The number of alkyl halides is 3. The van der Waals surface area contributed by atoms with E-state index in [9.17, 15) is 26.0 Å². The SMILES string of the molecule is CCCS(=O)(=O)Cc1ccc(C(F)(F)F)cc1F. The van der Waals surface area contributed by atoms with Gasteiger partial charge in [0.15, 0.2) is 9.84 Å². The van der Waals surface area contributed by atoms with Crippen LogP contribution in [-0.2, 0) is 21.8 Å². The van der Waals surface area contributed by atoms with E-state index < -0.39 is 33.1 Å². The third kappa shape index (κ3) is 3.97. The molecule has 0 saturated carbocycles. The van der Waals surface area contributed by atoms with E-state index in [-0.39, 0.29) is 11.3 Å². The Labute approximate surface area is 103 Å². The van der Waals surface area contributed by atoms with Crippen LogP contribution in [-0.4, -0.2) is 14.2 Å². The Kier molecular flexibility index (Phi) is 4.37. The van der Waals surface area contributed by atoms with Crippen LogP contribution in [0.4, 0.5) is 17.6 Å². The van der Waals surface area contributed by atoms with Gasteiger partial charge in [0, 0.05) is 5.56 Å². The molecular weight excluding hydrogens is 272 g/mol. The van der Waals surface area contributed by atoms with Crippen molar-refractivity contribution in [3.05, 3.63) is 35.1 Å². The molecule has 0 atom stereocenters. The van der Waals surface area contributed by atoms with Crippen molar-refractivity contribution in [3.8, 4) is 0 Å². The molecule has 18 heavy (non-hydrogen) atoms. The average molecular weight is 284 g/mol. The Morgan fingerprint density at radius 3 is 2.28 bits per heavy atom. The number of rotatable bonds is 4. The summed E-state index contributed by atoms with van der Waals surface area (Å²) in [5.74, 6) is -1.84. The molecule has 102 valence electrons. The largest absolute Gasteiger partial charge is 0.416 e. The van der Waals surface area contributed by atoms with E-state index in [0.29, 0.717) is 18.6 Å². The van der Waals surface area contributed by atoms with Gasteiger partial charge in [-0.15, -0.1) is 0 Å². The highest BCUT2D eigenvalue weighted by atomic mass is 32.2. The van der Waals surface area contributed by atoms with Crippen LogP contribution in [0, 0.1) is 5.82 Å². The van der Waals surface area contributed by atoms with E-state index in [4.69, 9.17) is 0 Å². The molecule has 0 spiro atoms. The fourth-order valence-corrected chi connectivity index (χ4v) is 2.94. The molecule has 0 unspecified atom stereocenters. The van der Waals surface area contributed by atoms with Gasteiger partial charge in [0.25, 0.3) is 0 Å². The normalized spacial score (nSPS) is 12.7. The smallest absolute Gasteiger partial charge is 0.228 e. The molecule has 0 fully saturated rings. The molecule has 0 aromatic heterocycles. The molecule has 1 rings (SSSR count). The van der Waals surface area contributed by atoms with Crippen LogP contribution in [0.3, 0.4) is 0 Å². The van der Waals surface area contributed by atoms with E-state index in [1.807, 2.05) is 0 Å². The molecule has 0 bridgehead atoms. The summed E-state index contributed by atoms with van der Waals surface area (Å²) in [5, 5.41) is 0. The van der Waals surface area contributed by atoms with E-state index in [1.54, 1.807) is 6.92 Å². The molecule has 2 nitrogen and oxygen atoms in total. The second kappa shape index (κ2) is 5.26. The molecule has 0 saturated heterocycles. The summed E-state index contributed by atoms with van der Waals surface area (Å²) in [6.45, 7) is 1.65. The van der Waals surface area contributed by atoms with Gasteiger partial charge in [0.1, 0.15) is 5.82 Å². The first-order chi connectivity index (χ1) is 8.15. The van der Waals surface area contributed by atoms with Crippen LogP contribution in [0.15, 0.2) is 18.2 Å². The summed E-state index contributed by atoms with van der Waals surface area (Å²) >= 11 is 0. The molecule has 0 amide bonds. The Hall–Kier alpha value is -1.11. The highest BCUT2D eigenvalue weighted by molar-refractivity contribution is 7.90. The molecular formula is C11H12F4O2S. The van der Waals surface area contributed by atoms with Gasteiger partial charge in [-0.2, -0.15) is 13.2 Å². The van der Waals surface area contributed by atoms with Crippen molar-refractivity contribution in [2.24, 2.45) is 0 Å². The number of halogens is 4. The molecule has 1 aromatic carbocycles. The summed E-state index contributed by atoms with van der Waals surface area (Å²) in [5.41, 5.74) is -1.37. The average Bonchev–Trinajstić information content (AvgIpc) is 2.19. The maximum absolute atomic E-state index is 13.4. The zero-order chi connectivity index (χ0) is 14.0. The van der Waals surface area contributed by atoms with Gasteiger partial charge in [0.2, 0.25) is 0 Å². The predicted octanol–water partition coefficient (Wildman–Crippen LogP) is 3.17. The first-order valence-electron chi connectivity index (χ1n) is 5.22. The molecule has 0 heterocycles. The Morgan fingerprint density at radius 1 is 1.22 bits per heavy atom. The second-order valence-electron chi connectivity index (χ2n) is 3.90. The van der Waals surface area contributed by atoms with E-state index in [2.05, 4.69) is 0 Å². The minimum Gasteiger partial charge on any atom is -0.228 e. The Bertz CT molecular complexity index is 520. The third-order valence-corrected chi connectivity index (χ3v) is 4.05. The number of hydrogen-bond donors (Lipinski definition) is 0. The van der Waals surface area contributed by atoms with Crippen LogP contribution >= 0.6 is 0 Å². The molecule has 0 aliphatic carbocycles. The maximum atomic E-state index is 13.4. The lowest BCUT2D eigenvalue weighted by Gasteiger charge is -2.09. The predicted molar refractivity (Wildman–Crippen MR) is 59.2 cm³/mol. The summed E-state index contributed by atoms with van der Waals surface area (Å²) < 4.78 is 73.1. The van der Waals surface area contributed by atoms with E-state index in [1.165, 1.54) is 0 Å². The molecule has 0 radical (unpaired) electrons. The molecule has 1 aromatic rings. The first kappa shape index (κ1) is 14.9. The van der Waals surface area contributed by atoms with Gasteiger partial charge >= 0.3 is 6.18 Å². The van der Waals surface area contributed by atoms with Gasteiger partial charge in [-0.05, 0) is 18.6 Å². The number of benzene rings is 1. The fraction of sp³-hybridized carbons (Fsp3) is 0.455. The Morgan fingerprint density at radius 2 is 1.83 bits per heavy atom. The van der Waals surface area contributed by atoms with Crippen LogP contribution < -0.4 is 0 Å². The lowest BCUT2D eigenvalue weighted by atomic mass is 10.1. The van der Waals surface area contributed by atoms with E-state index >= 15 is 0 Å². The van der Waals surface area contributed by atoms with Crippen LogP contribution in [0.2, 0.25) is 0 Å². The highest BCUT2D eigenvalue weighted by Gasteiger charge is 2.31. The zero-order valence-electron chi connectivity index (χ0n) is 9.59. The summed E-state index contributed by atoms with van der Waals surface area (Å²) in [7, 11) is -3.48. The maximum Gasteiger partial charge on any atom is 0.416 e. The van der Waals surface area contributed by atoms with Crippen molar-refractivity contribution in [1.29, 1.82) is 0 Å². The van der Waals surface area contributed by atoms with Crippen molar-refractivity contribution in [2.45, 2.75) is 25.3 Å². The van der Waals surface area contributed by atoms with Crippen molar-refractivity contribution in [2.75, 3.05) is 5.75 Å². The monoisotopic (exact) mass is 284 g/mol. The van der Waals surface area contributed by atoms with Gasteiger partial charge in [0.05, 0.1) is 17.1 Å². The standard InChI is InChI=1S/C11H12F4O2S/c1-2-5-18(16,17)7-8-3-4-9(6-10(8)12)11(13,14)15/h3-4,6H,2,5,7H2,1H3. The molecule has 7 heteroatoms. The Balaban J connectivity index is 3.01. The van der Waals surface area contributed by atoms with Crippen molar-refractivity contribution >= 4 is 9.84 Å². The lowest BCUT2D eigenvalue weighted by Crippen LogP contribution is -2.11. The summed E-state index contributed by atoms with van der Waals surface area (Å²) in [6, 6.07) is 1.86. The van der Waals surface area contributed by atoms with Gasteiger partial charge < -0.3 is 0 Å². The van der Waals surface area contributed by atoms with Crippen molar-refractivity contribution in [1.82, 2.24) is 0 Å². The third-order valence-electron chi connectivity index (χ3n) is 2.27. The van der Waals surface area contributed by atoms with Gasteiger partial charge in [-0.3, -0.25) is 0 Å². The van der Waals surface area contributed by atoms with Crippen molar-refractivity contribution in [3.63, 3.8) is 0 Å². The van der Waals surface area contributed by atoms with Crippen molar-refractivity contribution < 1.29 is 26.0 Å². The van der Waals surface area contributed by atoms with Crippen LogP contribution in [0.5, 0.6) is 0 Å². The lowest BCUT2D eigenvalue weighted by molar-refractivity contribution is -0.137. The highest BCUT2D eigenvalue weighted by Crippen LogP contribution is 2.30. The fourth-order valence-electron chi connectivity index (χ4n) is 1.46. The first-order valence-corrected chi connectivity index (χ1v) is 7.04.